The Labute approximate surface area is 164 Å². The fourth-order valence-electron chi connectivity index (χ4n) is 3.53. The van der Waals surface area contributed by atoms with Crippen LogP contribution in [0.1, 0.15) is 27.0 Å². The van der Waals surface area contributed by atoms with Gasteiger partial charge in [-0.25, -0.2) is 0 Å². The van der Waals surface area contributed by atoms with Crippen LogP contribution in [0.3, 0.4) is 0 Å². The number of hydrogen-bond acceptors (Lipinski definition) is 2. The molecular weight excluding hydrogens is 348 g/mol. The van der Waals surface area contributed by atoms with Crippen LogP contribution in [0.4, 0.5) is 5.69 Å². The first-order valence-corrected chi connectivity index (χ1v) is 9.49. The Kier molecular flexibility index (Phi) is 5.20. The van der Waals surface area contributed by atoms with Gasteiger partial charge in [0.25, 0.3) is 5.91 Å². The highest BCUT2D eigenvalue weighted by Crippen LogP contribution is 2.21. The minimum atomic E-state index is -0.0714. The number of nitrogens with zero attached hydrogens (tertiary/aromatic N) is 1. The Balaban J connectivity index is 1.38. The van der Waals surface area contributed by atoms with E-state index in [1.165, 1.54) is 11.1 Å². The van der Waals surface area contributed by atoms with Crippen molar-refractivity contribution in [1.82, 2.24) is 4.90 Å². The predicted octanol–water partition coefficient (Wildman–Crippen LogP) is 4.07. The van der Waals surface area contributed by atoms with Crippen LogP contribution in [0.15, 0.2) is 78.9 Å². The van der Waals surface area contributed by atoms with Crippen LogP contribution >= 0.6 is 0 Å². The fourth-order valence-corrected chi connectivity index (χ4v) is 3.53. The van der Waals surface area contributed by atoms with E-state index in [1.807, 2.05) is 47.4 Å². The minimum absolute atomic E-state index is 0.0247. The Morgan fingerprint density at radius 3 is 2.25 bits per heavy atom. The van der Waals surface area contributed by atoms with E-state index in [0.717, 1.165) is 18.5 Å². The molecule has 3 aromatic carbocycles. The van der Waals surface area contributed by atoms with Crippen LogP contribution in [0.25, 0.3) is 0 Å². The molecule has 1 aliphatic rings. The first-order valence-electron chi connectivity index (χ1n) is 9.49. The molecule has 1 N–H and O–H groups in total. The van der Waals surface area contributed by atoms with E-state index >= 15 is 0 Å². The lowest BCUT2D eigenvalue weighted by Crippen LogP contribution is -2.35. The van der Waals surface area contributed by atoms with E-state index in [-0.39, 0.29) is 11.8 Å². The Morgan fingerprint density at radius 1 is 0.821 bits per heavy atom. The molecule has 0 bridgehead atoms. The van der Waals surface area contributed by atoms with Gasteiger partial charge in [0.15, 0.2) is 0 Å². The highest BCUT2D eigenvalue weighted by molar-refractivity contribution is 5.96. The highest BCUT2D eigenvalue weighted by Gasteiger charge is 2.21. The fraction of sp³-hybridized carbons (Fsp3) is 0.167. The first-order chi connectivity index (χ1) is 13.7. The number of carbonyl (C=O) groups excluding carboxylic acids is 2. The average molecular weight is 370 g/mol. The second-order valence-electron chi connectivity index (χ2n) is 7.03. The Bertz CT molecular complexity index is 981. The number of amides is 2. The summed E-state index contributed by atoms with van der Waals surface area (Å²) >= 11 is 0. The topological polar surface area (TPSA) is 49.4 Å². The second kappa shape index (κ2) is 8.09. The molecular formula is C24H22N2O2. The van der Waals surface area contributed by atoms with Crippen LogP contribution in [0.2, 0.25) is 0 Å². The van der Waals surface area contributed by atoms with E-state index in [2.05, 4.69) is 17.4 Å². The molecule has 0 aromatic heterocycles. The molecule has 0 aliphatic carbocycles. The molecule has 1 heterocycles. The van der Waals surface area contributed by atoms with Crippen molar-refractivity contribution < 1.29 is 9.59 Å². The van der Waals surface area contributed by atoms with Gasteiger partial charge in [0.1, 0.15) is 0 Å². The zero-order valence-corrected chi connectivity index (χ0v) is 15.6. The standard InChI is InChI=1S/C24H22N2O2/c27-23(16-18-6-2-1-3-7-18)25-22-12-10-20(11-13-22)24(28)26-15-14-19-8-4-5-9-21(19)17-26/h1-13H,14-17H2,(H,25,27). The molecule has 2 amide bonds. The Hall–Kier alpha value is -3.40. The van der Waals surface area contributed by atoms with Crippen molar-refractivity contribution >= 4 is 17.5 Å². The van der Waals surface area contributed by atoms with E-state index in [0.29, 0.717) is 24.2 Å². The van der Waals surface area contributed by atoms with Crippen molar-refractivity contribution in [3.63, 3.8) is 0 Å². The van der Waals surface area contributed by atoms with Gasteiger partial charge in [0, 0.05) is 24.3 Å². The van der Waals surface area contributed by atoms with Crippen molar-refractivity contribution in [2.45, 2.75) is 19.4 Å². The highest BCUT2D eigenvalue weighted by atomic mass is 16.2. The van der Waals surface area contributed by atoms with Gasteiger partial charge in [0.2, 0.25) is 5.91 Å². The lowest BCUT2D eigenvalue weighted by atomic mass is 9.99. The van der Waals surface area contributed by atoms with Crippen molar-refractivity contribution in [2.75, 3.05) is 11.9 Å². The number of anilines is 1. The molecule has 1 aliphatic heterocycles. The zero-order chi connectivity index (χ0) is 19.3. The third kappa shape index (κ3) is 4.12. The lowest BCUT2D eigenvalue weighted by molar-refractivity contribution is -0.115. The van der Waals surface area contributed by atoms with Gasteiger partial charge >= 0.3 is 0 Å². The SMILES string of the molecule is O=C(Cc1ccccc1)Nc1ccc(C(=O)N2CCc3ccccc3C2)cc1. The summed E-state index contributed by atoms with van der Waals surface area (Å²) in [5.74, 6) is -0.0467. The maximum atomic E-state index is 12.8. The van der Waals surface area contributed by atoms with Gasteiger partial charge in [0.05, 0.1) is 6.42 Å². The van der Waals surface area contributed by atoms with E-state index in [4.69, 9.17) is 0 Å². The summed E-state index contributed by atoms with van der Waals surface area (Å²) in [6, 6.07) is 25.0. The minimum Gasteiger partial charge on any atom is -0.334 e. The molecule has 4 nitrogen and oxygen atoms in total. The molecule has 28 heavy (non-hydrogen) atoms. The molecule has 4 heteroatoms. The molecule has 0 unspecified atom stereocenters. The molecule has 0 saturated carbocycles. The third-order valence-corrected chi connectivity index (χ3v) is 5.04. The van der Waals surface area contributed by atoms with Crippen LogP contribution in [-0.2, 0) is 24.2 Å². The van der Waals surface area contributed by atoms with E-state index < -0.39 is 0 Å². The molecule has 140 valence electrons. The third-order valence-electron chi connectivity index (χ3n) is 5.04. The molecule has 0 fully saturated rings. The zero-order valence-electron chi connectivity index (χ0n) is 15.6. The normalized spacial score (nSPS) is 12.9. The molecule has 0 atom stereocenters. The summed E-state index contributed by atoms with van der Waals surface area (Å²) in [7, 11) is 0. The van der Waals surface area contributed by atoms with Crippen LogP contribution in [0, 0.1) is 0 Å². The average Bonchev–Trinajstić information content (AvgIpc) is 2.74. The number of hydrogen-bond donors (Lipinski definition) is 1. The van der Waals surface area contributed by atoms with E-state index in [1.54, 1.807) is 24.3 Å². The summed E-state index contributed by atoms with van der Waals surface area (Å²) < 4.78 is 0. The van der Waals surface area contributed by atoms with Gasteiger partial charge in [-0.1, -0.05) is 54.6 Å². The van der Waals surface area contributed by atoms with E-state index in [9.17, 15) is 9.59 Å². The van der Waals surface area contributed by atoms with Gasteiger partial charge in [-0.15, -0.1) is 0 Å². The van der Waals surface area contributed by atoms with Gasteiger partial charge < -0.3 is 10.2 Å². The number of benzene rings is 3. The number of fused-ring (bicyclic) bond motifs is 1. The molecule has 0 radical (unpaired) electrons. The number of rotatable bonds is 4. The first kappa shape index (κ1) is 18.0. The van der Waals surface area contributed by atoms with Gasteiger partial charge in [-0.2, -0.15) is 0 Å². The van der Waals surface area contributed by atoms with Crippen LogP contribution < -0.4 is 5.32 Å². The largest absolute Gasteiger partial charge is 0.334 e. The van der Waals surface area contributed by atoms with Crippen molar-refractivity contribution in [3.8, 4) is 0 Å². The maximum Gasteiger partial charge on any atom is 0.254 e. The monoisotopic (exact) mass is 370 g/mol. The smallest absolute Gasteiger partial charge is 0.254 e. The molecule has 0 spiro atoms. The summed E-state index contributed by atoms with van der Waals surface area (Å²) in [5, 5.41) is 2.89. The summed E-state index contributed by atoms with van der Waals surface area (Å²) in [5.41, 5.74) is 4.84. The van der Waals surface area contributed by atoms with Crippen molar-refractivity contribution in [2.24, 2.45) is 0 Å². The van der Waals surface area contributed by atoms with Gasteiger partial charge in [-0.3, -0.25) is 9.59 Å². The summed E-state index contributed by atoms with van der Waals surface area (Å²) in [6.45, 7) is 1.37. The number of carbonyl (C=O) groups is 2. The Morgan fingerprint density at radius 2 is 1.50 bits per heavy atom. The summed E-state index contributed by atoms with van der Waals surface area (Å²) in [6.07, 6.45) is 1.21. The van der Waals surface area contributed by atoms with Crippen LogP contribution in [-0.4, -0.2) is 23.3 Å². The molecule has 4 rings (SSSR count). The van der Waals surface area contributed by atoms with Crippen molar-refractivity contribution in [3.05, 3.63) is 101 Å². The molecule has 0 saturated heterocycles. The lowest BCUT2D eigenvalue weighted by Gasteiger charge is -2.29. The quantitative estimate of drug-likeness (QED) is 0.753. The van der Waals surface area contributed by atoms with Crippen LogP contribution in [0.5, 0.6) is 0 Å². The predicted molar refractivity (Wildman–Crippen MR) is 110 cm³/mol. The maximum absolute atomic E-state index is 12.8. The van der Waals surface area contributed by atoms with Crippen molar-refractivity contribution in [1.29, 1.82) is 0 Å². The van der Waals surface area contributed by atoms with Gasteiger partial charge in [-0.05, 0) is 47.4 Å². The second-order valence-corrected chi connectivity index (χ2v) is 7.03. The summed E-state index contributed by atoms with van der Waals surface area (Å²) in [4.78, 5) is 26.9. The molecule has 3 aromatic rings. The number of nitrogens with one attached hydrogen (secondary N) is 1.